The van der Waals surface area contributed by atoms with E-state index < -0.39 is 14.6 Å². The van der Waals surface area contributed by atoms with Gasteiger partial charge in [0.15, 0.2) is 9.84 Å². The predicted molar refractivity (Wildman–Crippen MR) is 75.5 cm³/mol. The standard InChI is InChI=1S/C14H27NO2S/c1-3-9-15-12-14(18(2,16)17)10-13(11-14)7-5-4-6-8-13/h15H,3-12H2,1-2H3. The van der Waals surface area contributed by atoms with Gasteiger partial charge < -0.3 is 5.32 Å². The molecule has 3 nitrogen and oxygen atoms in total. The van der Waals surface area contributed by atoms with Gasteiger partial charge in [0, 0.05) is 12.8 Å². The van der Waals surface area contributed by atoms with Crippen LogP contribution in [0.3, 0.4) is 0 Å². The van der Waals surface area contributed by atoms with Crippen LogP contribution in [0.5, 0.6) is 0 Å². The normalized spacial score (nSPS) is 25.9. The minimum Gasteiger partial charge on any atom is -0.315 e. The molecule has 0 unspecified atom stereocenters. The van der Waals surface area contributed by atoms with Gasteiger partial charge >= 0.3 is 0 Å². The fourth-order valence-electron chi connectivity index (χ4n) is 3.98. The monoisotopic (exact) mass is 273 g/mol. The highest BCUT2D eigenvalue weighted by Gasteiger charge is 2.59. The summed E-state index contributed by atoms with van der Waals surface area (Å²) < 4.78 is 23.8. The Hall–Kier alpha value is -0.0900. The summed E-state index contributed by atoms with van der Waals surface area (Å²) in [5.41, 5.74) is 0.370. The Morgan fingerprint density at radius 1 is 1.11 bits per heavy atom. The first-order valence-corrected chi connectivity index (χ1v) is 9.23. The number of nitrogens with one attached hydrogen (secondary N) is 1. The topological polar surface area (TPSA) is 46.2 Å². The molecule has 0 aromatic rings. The van der Waals surface area contributed by atoms with Crippen LogP contribution >= 0.6 is 0 Å². The highest BCUT2D eigenvalue weighted by Crippen LogP contribution is 2.59. The SMILES string of the molecule is CCCNCC1(S(C)(=O)=O)CC2(CCCCC2)C1. The van der Waals surface area contributed by atoms with Crippen molar-refractivity contribution >= 4 is 9.84 Å². The van der Waals surface area contributed by atoms with E-state index in [0.717, 1.165) is 25.8 Å². The van der Waals surface area contributed by atoms with E-state index in [4.69, 9.17) is 0 Å². The van der Waals surface area contributed by atoms with Gasteiger partial charge in [-0.2, -0.15) is 0 Å². The van der Waals surface area contributed by atoms with E-state index in [1.165, 1.54) is 38.4 Å². The second-order valence-electron chi connectivity index (χ2n) is 6.55. The van der Waals surface area contributed by atoms with Crippen LogP contribution in [0, 0.1) is 5.41 Å². The zero-order valence-corrected chi connectivity index (χ0v) is 12.6. The van der Waals surface area contributed by atoms with Crippen molar-refractivity contribution in [1.82, 2.24) is 5.32 Å². The van der Waals surface area contributed by atoms with Crippen LogP contribution in [0.15, 0.2) is 0 Å². The molecular formula is C14H27NO2S. The maximum atomic E-state index is 12.1. The van der Waals surface area contributed by atoms with Crippen LogP contribution < -0.4 is 5.32 Å². The molecule has 2 fully saturated rings. The lowest BCUT2D eigenvalue weighted by atomic mass is 9.55. The quantitative estimate of drug-likeness (QED) is 0.783. The number of hydrogen-bond acceptors (Lipinski definition) is 3. The number of sulfone groups is 1. The Kier molecular flexibility index (Phi) is 4.07. The predicted octanol–water partition coefficient (Wildman–Crippen LogP) is 2.51. The third-order valence-electron chi connectivity index (χ3n) is 4.97. The van der Waals surface area contributed by atoms with E-state index in [9.17, 15) is 8.42 Å². The molecule has 2 aliphatic carbocycles. The van der Waals surface area contributed by atoms with Gasteiger partial charge in [-0.05, 0) is 44.1 Å². The van der Waals surface area contributed by atoms with Gasteiger partial charge in [0.05, 0.1) is 4.75 Å². The third-order valence-corrected chi connectivity index (χ3v) is 6.98. The maximum absolute atomic E-state index is 12.1. The molecular weight excluding hydrogens is 246 g/mol. The second kappa shape index (κ2) is 5.12. The molecule has 0 bridgehead atoms. The van der Waals surface area contributed by atoms with Crippen molar-refractivity contribution in [2.24, 2.45) is 5.41 Å². The second-order valence-corrected chi connectivity index (χ2v) is 8.96. The smallest absolute Gasteiger partial charge is 0.154 e. The van der Waals surface area contributed by atoms with E-state index in [1.807, 2.05) is 0 Å². The summed E-state index contributed by atoms with van der Waals surface area (Å²) in [6, 6.07) is 0. The van der Waals surface area contributed by atoms with Gasteiger partial charge in [0.2, 0.25) is 0 Å². The van der Waals surface area contributed by atoms with Gasteiger partial charge in [0.25, 0.3) is 0 Å². The lowest BCUT2D eigenvalue weighted by Crippen LogP contribution is -2.61. The van der Waals surface area contributed by atoms with Gasteiger partial charge in [-0.3, -0.25) is 0 Å². The van der Waals surface area contributed by atoms with Crippen molar-refractivity contribution in [1.29, 1.82) is 0 Å². The van der Waals surface area contributed by atoms with Gasteiger partial charge in [-0.25, -0.2) is 8.42 Å². The Labute approximate surface area is 112 Å². The molecule has 0 aromatic heterocycles. The first-order chi connectivity index (χ1) is 8.43. The molecule has 0 aliphatic heterocycles. The van der Waals surface area contributed by atoms with E-state index >= 15 is 0 Å². The summed E-state index contributed by atoms with van der Waals surface area (Å²) >= 11 is 0. The largest absolute Gasteiger partial charge is 0.315 e. The Bertz CT molecular complexity index is 375. The molecule has 2 rings (SSSR count). The third kappa shape index (κ3) is 2.60. The first kappa shape index (κ1) is 14.3. The minimum absolute atomic E-state index is 0.370. The average Bonchev–Trinajstić information content (AvgIpc) is 2.26. The van der Waals surface area contributed by atoms with Crippen molar-refractivity contribution in [3.05, 3.63) is 0 Å². The van der Waals surface area contributed by atoms with Crippen LogP contribution in [-0.2, 0) is 9.84 Å². The van der Waals surface area contributed by atoms with Crippen molar-refractivity contribution in [3.63, 3.8) is 0 Å². The fraction of sp³-hybridized carbons (Fsp3) is 1.00. The van der Waals surface area contributed by atoms with Crippen molar-refractivity contribution in [3.8, 4) is 0 Å². The highest BCUT2D eigenvalue weighted by molar-refractivity contribution is 7.92. The molecule has 1 spiro atoms. The Morgan fingerprint density at radius 3 is 2.22 bits per heavy atom. The van der Waals surface area contributed by atoms with Crippen LogP contribution in [0.2, 0.25) is 0 Å². The van der Waals surface area contributed by atoms with E-state index in [1.54, 1.807) is 0 Å². The summed E-state index contributed by atoms with van der Waals surface area (Å²) in [6.07, 6.45) is 10.7. The van der Waals surface area contributed by atoms with E-state index in [0.29, 0.717) is 12.0 Å². The molecule has 0 saturated heterocycles. The lowest BCUT2D eigenvalue weighted by molar-refractivity contribution is 0.0319. The summed E-state index contributed by atoms with van der Waals surface area (Å²) in [5, 5.41) is 3.33. The van der Waals surface area contributed by atoms with Crippen molar-refractivity contribution in [2.75, 3.05) is 19.3 Å². The Morgan fingerprint density at radius 2 is 1.72 bits per heavy atom. The van der Waals surface area contributed by atoms with E-state index in [-0.39, 0.29) is 0 Å². The summed E-state index contributed by atoms with van der Waals surface area (Å²) in [4.78, 5) is 0. The molecule has 1 N–H and O–H groups in total. The molecule has 4 heteroatoms. The van der Waals surface area contributed by atoms with E-state index in [2.05, 4.69) is 12.2 Å². The molecule has 106 valence electrons. The summed E-state index contributed by atoms with van der Waals surface area (Å²) in [6.45, 7) is 3.69. The average molecular weight is 273 g/mol. The maximum Gasteiger partial charge on any atom is 0.154 e. The van der Waals surface area contributed by atoms with Crippen molar-refractivity contribution in [2.45, 2.75) is 63.0 Å². The first-order valence-electron chi connectivity index (χ1n) is 7.33. The number of hydrogen-bond donors (Lipinski definition) is 1. The summed E-state index contributed by atoms with van der Waals surface area (Å²) in [7, 11) is -2.95. The van der Waals surface area contributed by atoms with Gasteiger partial charge in [-0.1, -0.05) is 26.2 Å². The van der Waals surface area contributed by atoms with Crippen LogP contribution in [0.4, 0.5) is 0 Å². The zero-order chi connectivity index (χ0) is 13.3. The van der Waals surface area contributed by atoms with Crippen LogP contribution in [-0.4, -0.2) is 32.5 Å². The summed E-state index contributed by atoms with van der Waals surface area (Å²) in [5.74, 6) is 0. The minimum atomic E-state index is -2.95. The zero-order valence-electron chi connectivity index (χ0n) is 11.8. The molecule has 0 aromatic carbocycles. The molecule has 0 amide bonds. The highest BCUT2D eigenvalue weighted by atomic mass is 32.2. The molecule has 0 radical (unpaired) electrons. The molecule has 0 heterocycles. The molecule has 0 atom stereocenters. The van der Waals surface area contributed by atoms with Gasteiger partial charge in [-0.15, -0.1) is 0 Å². The fourth-order valence-corrected chi connectivity index (χ4v) is 5.48. The van der Waals surface area contributed by atoms with Crippen LogP contribution in [0.1, 0.15) is 58.3 Å². The Balaban J connectivity index is 2.02. The molecule has 2 aliphatic rings. The number of rotatable bonds is 5. The van der Waals surface area contributed by atoms with Gasteiger partial charge in [0.1, 0.15) is 0 Å². The van der Waals surface area contributed by atoms with Crippen molar-refractivity contribution < 1.29 is 8.42 Å². The molecule has 2 saturated carbocycles. The molecule has 18 heavy (non-hydrogen) atoms. The van der Waals surface area contributed by atoms with Crippen LogP contribution in [0.25, 0.3) is 0 Å². The lowest BCUT2D eigenvalue weighted by Gasteiger charge is -2.57.